The number of nitrogens with zero attached hydrogens (tertiary/aromatic N) is 1. The van der Waals surface area contributed by atoms with Crippen LogP contribution in [0.25, 0.3) is 0 Å². The van der Waals surface area contributed by atoms with Crippen LogP contribution in [0.2, 0.25) is 0 Å². The molecule has 3 N–H and O–H groups in total. The Balaban J connectivity index is 1.83. The van der Waals surface area contributed by atoms with Crippen LogP contribution in [0.15, 0.2) is 40.1 Å². The molecule has 2 aromatic rings. The minimum Gasteiger partial charge on any atom is -0.467 e. The third-order valence-electron chi connectivity index (χ3n) is 4.18. The average Bonchev–Trinajstić information content (AvgIpc) is 3.38. The van der Waals surface area contributed by atoms with Crippen LogP contribution in [0, 0.1) is 0 Å². The fourth-order valence-electron chi connectivity index (χ4n) is 2.93. The monoisotopic (exact) mass is 402 g/mol. The number of nitrogens with one attached hydrogen (secondary N) is 3. The van der Waals surface area contributed by atoms with Gasteiger partial charge in [-0.05, 0) is 31.5 Å². The van der Waals surface area contributed by atoms with Crippen LogP contribution in [0.3, 0.4) is 0 Å². The predicted molar refractivity (Wildman–Crippen MR) is 99.6 cm³/mol. The maximum absolute atomic E-state index is 12.5. The highest BCUT2D eigenvalue weighted by molar-refractivity contribution is 5.95. The van der Waals surface area contributed by atoms with E-state index in [0.29, 0.717) is 5.76 Å². The highest BCUT2D eigenvalue weighted by Crippen LogP contribution is 2.28. The van der Waals surface area contributed by atoms with Gasteiger partial charge in [0.1, 0.15) is 18.4 Å². The number of aryl methyl sites for hydroxylation is 1. The molecule has 0 aliphatic carbocycles. The van der Waals surface area contributed by atoms with Crippen LogP contribution in [0.5, 0.6) is 0 Å². The van der Waals surface area contributed by atoms with Gasteiger partial charge in [-0.1, -0.05) is 13.3 Å². The number of carbonyl (C=O) groups is 3. The molecule has 10 nitrogen and oxygen atoms in total. The molecule has 0 bridgehead atoms. The fraction of sp³-hybridized carbons (Fsp3) is 0.368. The van der Waals surface area contributed by atoms with Crippen molar-refractivity contribution in [1.29, 1.82) is 0 Å². The number of aromatic amines is 1. The zero-order valence-electron chi connectivity index (χ0n) is 16.1. The molecule has 0 saturated carbocycles. The maximum atomic E-state index is 12.5. The van der Waals surface area contributed by atoms with Gasteiger partial charge >= 0.3 is 18.0 Å². The number of rotatable bonds is 8. The molecule has 2 amide bonds. The van der Waals surface area contributed by atoms with Crippen LogP contribution in [-0.2, 0) is 20.7 Å². The Labute approximate surface area is 166 Å². The lowest BCUT2D eigenvalue weighted by Gasteiger charge is -2.27. The Hall–Kier alpha value is -3.56. The maximum Gasteiger partial charge on any atom is 0.359 e. The smallest absolute Gasteiger partial charge is 0.359 e. The number of aromatic nitrogens is 2. The van der Waals surface area contributed by atoms with E-state index in [1.54, 1.807) is 25.1 Å². The van der Waals surface area contributed by atoms with E-state index in [9.17, 15) is 14.4 Å². The van der Waals surface area contributed by atoms with Gasteiger partial charge in [0.2, 0.25) is 0 Å². The number of urea groups is 1. The average molecular weight is 402 g/mol. The standard InChI is InChI=1S/C19H22N4O6/c1-3-6-11-9-12(23-22-11)17(24)29-10-13-15(18(25)27-4-2)16(21-19(26)20-13)14-7-5-8-28-14/h5,7-9,16H,3-4,6,10H2,1-2H3,(H,22,23)(H2,20,21,26). The predicted octanol–water partition coefficient (Wildman–Crippen LogP) is 1.98. The second kappa shape index (κ2) is 9.09. The quantitative estimate of drug-likeness (QED) is 0.575. The molecule has 1 aliphatic heterocycles. The van der Waals surface area contributed by atoms with E-state index < -0.39 is 24.0 Å². The van der Waals surface area contributed by atoms with Gasteiger partial charge in [-0.25, -0.2) is 14.4 Å². The Bertz CT molecular complexity index is 915. The van der Waals surface area contributed by atoms with Crippen molar-refractivity contribution in [3.63, 3.8) is 0 Å². The minimum atomic E-state index is -0.868. The summed E-state index contributed by atoms with van der Waals surface area (Å²) in [7, 11) is 0. The molecular weight excluding hydrogens is 380 g/mol. The van der Waals surface area contributed by atoms with E-state index in [2.05, 4.69) is 20.8 Å². The zero-order chi connectivity index (χ0) is 20.8. The summed E-state index contributed by atoms with van der Waals surface area (Å²) in [6.07, 6.45) is 3.09. The highest BCUT2D eigenvalue weighted by Gasteiger charge is 2.35. The first-order valence-electron chi connectivity index (χ1n) is 9.26. The Morgan fingerprint density at radius 3 is 2.76 bits per heavy atom. The number of hydrogen-bond acceptors (Lipinski definition) is 7. The lowest BCUT2D eigenvalue weighted by atomic mass is 10.0. The number of carbonyl (C=O) groups excluding carboxylic acids is 3. The van der Waals surface area contributed by atoms with Crippen LogP contribution < -0.4 is 10.6 Å². The van der Waals surface area contributed by atoms with E-state index >= 15 is 0 Å². The van der Waals surface area contributed by atoms with Gasteiger partial charge in [0.05, 0.1) is 24.1 Å². The summed E-state index contributed by atoms with van der Waals surface area (Å²) in [6, 6.07) is 3.44. The largest absolute Gasteiger partial charge is 0.467 e. The Morgan fingerprint density at radius 2 is 2.07 bits per heavy atom. The van der Waals surface area contributed by atoms with Crippen molar-refractivity contribution >= 4 is 18.0 Å². The minimum absolute atomic E-state index is 0.0999. The van der Waals surface area contributed by atoms with Gasteiger partial charge in [0, 0.05) is 5.69 Å². The van der Waals surface area contributed by atoms with Gasteiger partial charge in [-0.15, -0.1) is 0 Å². The Morgan fingerprint density at radius 1 is 1.24 bits per heavy atom. The van der Waals surface area contributed by atoms with Crippen LogP contribution in [-0.4, -0.2) is 41.4 Å². The Kier molecular flexibility index (Phi) is 6.32. The van der Waals surface area contributed by atoms with Crippen molar-refractivity contribution in [3.05, 3.63) is 52.9 Å². The number of furan rings is 1. The topological polar surface area (TPSA) is 136 Å². The number of H-pyrrole nitrogens is 1. The van der Waals surface area contributed by atoms with Gasteiger partial charge < -0.3 is 24.5 Å². The zero-order valence-corrected chi connectivity index (χ0v) is 16.1. The van der Waals surface area contributed by atoms with E-state index in [1.807, 2.05) is 6.92 Å². The molecule has 10 heteroatoms. The van der Waals surface area contributed by atoms with Crippen molar-refractivity contribution < 1.29 is 28.3 Å². The second-order valence-corrected chi connectivity index (χ2v) is 6.26. The normalized spacial score (nSPS) is 16.2. The van der Waals surface area contributed by atoms with Gasteiger partial charge in [-0.2, -0.15) is 5.10 Å². The third-order valence-corrected chi connectivity index (χ3v) is 4.18. The molecule has 2 aromatic heterocycles. The number of esters is 2. The molecular formula is C19H22N4O6. The molecule has 1 unspecified atom stereocenters. The summed E-state index contributed by atoms with van der Waals surface area (Å²) in [5.41, 5.74) is 1.16. The lowest BCUT2D eigenvalue weighted by Crippen LogP contribution is -2.47. The highest BCUT2D eigenvalue weighted by atomic mass is 16.5. The fourth-order valence-corrected chi connectivity index (χ4v) is 2.93. The van der Waals surface area contributed by atoms with Crippen LogP contribution in [0.1, 0.15) is 48.3 Å². The van der Waals surface area contributed by atoms with Crippen molar-refractivity contribution in [2.75, 3.05) is 13.2 Å². The molecule has 1 aliphatic rings. The number of hydrogen-bond donors (Lipinski definition) is 3. The third kappa shape index (κ3) is 4.65. The van der Waals surface area contributed by atoms with Gasteiger partial charge in [-0.3, -0.25) is 5.10 Å². The molecule has 154 valence electrons. The number of amides is 2. The summed E-state index contributed by atoms with van der Waals surface area (Å²) in [6.45, 7) is 3.48. The number of ether oxygens (including phenoxy) is 2. The molecule has 0 fully saturated rings. The summed E-state index contributed by atoms with van der Waals surface area (Å²) >= 11 is 0. The molecule has 1 atom stereocenters. The van der Waals surface area contributed by atoms with E-state index in [0.717, 1.165) is 18.5 Å². The van der Waals surface area contributed by atoms with Crippen LogP contribution >= 0.6 is 0 Å². The molecule has 29 heavy (non-hydrogen) atoms. The first-order valence-corrected chi connectivity index (χ1v) is 9.26. The molecule has 0 radical (unpaired) electrons. The lowest BCUT2D eigenvalue weighted by molar-refractivity contribution is -0.139. The van der Waals surface area contributed by atoms with Crippen molar-refractivity contribution in [3.8, 4) is 0 Å². The molecule has 3 rings (SSSR count). The first kappa shape index (κ1) is 20.2. The van der Waals surface area contributed by atoms with Gasteiger partial charge in [0.25, 0.3) is 0 Å². The molecule has 0 aromatic carbocycles. The van der Waals surface area contributed by atoms with Crippen LogP contribution in [0.4, 0.5) is 4.79 Å². The van der Waals surface area contributed by atoms with Crippen molar-refractivity contribution in [1.82, 2.24) is 20.8 Å². The van der Waals surface area contributed by atoms with E-state index in [-0.39, 0.29) is 30.2 Å². The summed E-state index contributed by atoms with van der Waals surface area (Å²) in [5.74, 6) is -0.984. The summed E-state index contributed by atoms with van der Waals surface area (Å²) in [4.78, 5) is 36.9. The van der Waals surface area contributed by atoms with Crippen molar-refractivity contribution in [2.24, 2.45) is 0 Å². The van der Waals surface area contributed by atoms with Gasteiger partial charge in [0.15, 0.2) is 5.69 Å². The molecule has 0 saturated heterocycles. The first-order chi connectivity index (χ1) is 14.0. The van der Waals surface area contributed by atoms with Crippen molar-refractivity contribution in [2.45, 2.75) is 32.7 Å². The second-order valence-electron chi connectivity index (χ2n) is 6.26. The SMILES string of the molecule is CCCc1cc(C(=O)OCC2=C(C(=O)OCC)C(c3ccco3)NC(=O)N2)n[nH]1. The van der Waals surface area contributed by atoms with E-state index in [4.69, 9.17) is 13.9 Å². The summed E-state index contributed by atoms with van der Waals surface area (Å²) in [5, 5.41) is 11.8. The molecule has 3 heterocycles. The molecule has 0 spiro atoms. The summed E-state index contributed by atoms with van der Waals surface area (Å²) < 4.78 is 15.7. The van der Waals surface area contributed by atoms with E-state index in [1.165, 1.54) is 6.26 Å².